The second-order valence-electron chi connectivity index (χ2n) is 3.61. The second-order valence-corrected chi connectivity index (χ2v) is 5.03. The minimum atomic E-state index is 0. The third kappa shape index (κ3) is 2.76. The summed E-state index contributed by atoms with van der Waals surface area (Å²) in [5.74, 6) is 0. The average Bonchev–Trinajstić information content (AvgIpc) is 2.55. The van der Waals surface area contributed by atoms with Gasteiger partial charge in [0.15, 0.2) is 0 Å². The first-order valence-electron chi connectivity index (χ1n) is 4.77. The molecule has 0 aromatic heterocycles. The van der Waals surface area contributed by atoms with Crippen molar-refractivity contribution in [3.8, 4) is 11.1 Å². The Morgan fingerprint density at radius 3 is 1.47 bits per heavy atom. The number of halogens is 2. The van der Waals surface area contributed by atoms with Crippen molar-refractivity contribution in [2.24, 2.45) is 0 Å². The Morgan fingerprint density at radius 1 is 0.706 bits per heavy atom. The molecule has 3 rings (SSSR count). The molecule has 0 nitrogen and oxygen atoms in total. The van der Waals surface area contributed by atoms with Gasteiger partial charge in [-0.3, -0.25) is 0 Å². The molecular formula is C13H13Cl2SiZr. The summed E-state index contributed by atoms with van der Waals surface area (Å²) in [5, 5.41) is 0. The van der Waals surface area contributed by atoms with Crippen LogP contribution in [0.2, 0.25) is 0 Å². The molecule has 0 radical (unpaired) electrons. The van der Waals surface area contributed by atoms with E-state index in [0.29, 0.717) is 3.63 Å². The van der Waals surface area contributed by atoms with Gasteiger partial charge in [0.25, 0.3) is 0 Å². The summed E-state index contributed by atoms with van der Waals surface area (Å²) in [4.78, 5) is 0. The van der Waals surface area contributed by atoms with Crippen molar-refractivity contribution in [3.05, 3.63) is 59.7 Å². The van der Waals surface area contributed by atoms with Crippen LogP contribution in [0, 0.1) is 0 Å². The van der Waals surface area contributed by atoms with Gasteiger partial charge in [0.2, 0.25) is 0 Å². The van der Waals surface area contributed by atoms with E-state index in [1.54, 1.807) is 24.7 Å². The first-order chi connectivity index (χ1) is 6.88. The first kappa shape index (κ1) is 17.1. The summed E-state index contributed by atoms with van der Waals surface area (Å²) in [6.07, 6.45) is 0. The van der Waals surface area contributed by atoms with E-state index in [2.05, 4.69) is 48.5 Å². The molecule has 0 amide bonds. The van der Waals surface area contributed by atoms with E-state index in [1.165, 1.54) is 22.3 Å². The predicted molar refractivity (Wildman–Crippen MR) is 65.1 cm³/mol. The third-order valence-electron chi connectivity index (χ3n) is 2.83. The molecule has 0 unspecified atom stereocenters. The van der Waals surface area contributed by atoms with Crippen LogP contribution in [0.15, 0.2) is 48.5 Å². The predicted octanol–water partition coefficient (Wildman–Crippen LogP) is -4.14. The topological polar surface area (TPSA) is 0 Å². The molecule has 0 fully saturated rings. The van der Waals surface area contributed by atoms with Crippen molar-refractivity contribution in [1.82, 2.24) is 0 Å². The van der Waals surface area contributed by atoms with E-state index >= 15 is 0 Å². The van der Waals surface area contributed by atoms with Crippen LogP contribution in [0.5, 0.6) is 0 Å². The van der Waals surface area contributed by atoms with Gasteiger partial charge in [-0.05, 0) is 11.0 Å². The number of hydrogen-bond donors (Lipinski definition) is 0. The fourth-order valence-corrected chi connectivity index (χ4v) is 3.39. The van der Waals surface area contributed by atoms with E-state index < -0.39 is 0 Å². The van der Waals surface area contributed by atoms with Crippen LogP contribution in [0.3, 0.4) is 0 Å². The zero-order valence-electron chi connectivity index (χ0n) is 8.45. The summed E-state index contributed by atoms with van der Waals surface area (Å²) in [5.41, 5.74) is 5.88. The summed E-state index contributed by atoms with van der Waals surface area (Å²) >= 11 is 1.58. The molecule has 0 heterocycles. The van der Waals surface area contributed by atoms with Gasteiger partial charge in [-0.25, -0.2) is 0 Å². The zero-order valence-corrected chi connectivity index (χ0v) is 12.4. The van der Waals surface area contributed by atoms with Crippen molar-refractivity contribution >= 4 is 11.0 Å². The molecule has 0 spiro atoms. The van der Waals surface area contributed by atoms with Gasteiger partial charge >= 0.3 is 99.1 Å². The van der Waals surface area contributed by atoms with E-state index in [0.717, 1.165) is 0 Å². The minimum absolute atomic E-state index is 0. The summed E-state index contributed by atoms with van der Waals surface area (Å²) in [6.45, 7) is 0. The fourth-order valence-electron chi connectivity index (χ4n) is 2.16. The average molecular weight is 359 g/mol. The molecule has 17 heavy (non-hydrogen) atoms. The number of benzene rings is 2. The number of fused-ring (bicyclic) bond motifs is 3. The molecule has 0 saturated heterocycles. The van der Waals surface area contributed by atoms with Crippen molar-refractivity contribution in [2.45, 2.75) is 3.63 Å². The molecule has 0 atom stereocenters. The number of hydrogen-bond acceptors (Lipinski definition) is 0. The van der Waals surface area contributed by atoms with Crippen molar-refractivity contribution in [2.75, 3.05) is 0 Å². The Balaban J connectivity index is 0.000000853. The summed E-state index contributed by atoms with van der Waals surface area (Å²) in [7, 11) is 0. The van der Waals surface area contributed by atoms with E-state index in [9.17, 15) is 0 Å². The van der Waals surface area contributed by atoms with Crippen LogP contribution in [0.25, 0.3) is 11.1 Å². The molecule has 0 bridgehead atoms. The summed E-state index contributed by atoms with van der Waals surface area (Å²) < 4.78 is 0.648. The van der Waals surface area contributed by atoms with E-state index in [4.69, 9.17) is 0 Å². The third-order valence-corrected chi connectivity index (χ3v) is 4.36. The molecule has 2 aromatic carbocycles. The maximum absolute atomic E-state index is 2.26. The Bertz CT molecular complexity index is 457. The SMILES string of the molecule is [Cl-].[Cl-].[SiH4].[Zr+2][CH]1c2ccccc2-c2ccccc21. The van der Waals surface area contributed by atoms with Gasteiger partial charge in [0.1, 0.15) is 0 Å². The molecule has 0 aliphatic heterocycles. The zero-order chi connectivity index (χ0) is 9.54. The molecule has 4 heteroatoms. The van der Waals surface area contributed by atoms with Gasteiger partial charge in [0, 0.05) is 0 Å². The van der Waals surface area contributed by atoms with Crippen LogP contribution in [-0.4, -0.2) is 11.0 Å². The van der Waals surface area contributed by atoms with Crippen molar-refractivity contribution in [1.29, 1.82) is 0 Å². The molecule has 0 N–H and O–H groups in total. The quantitative estimate of drug-likeness (QED) is 0.419. The van der Waals surface area contributed by atoms with E-state index in [1.807, 2.05) is 0 Å². The van der Waals surface area contributed by atoms with Crippen LogP contribution >= 0.6 is 0 Å². The second kappa shape index (κ2) is 6.89. The number of rotatable bonds is 0. The molecule has 0 saturated carbocycles. The standard InChI is InChI=1S/C13H9.2ClH.H4Si.Zr/c1-3-7-12-10(5-1)9-11-6-2-4-8-13(11)12;;;;/h1-9H;2*1H;1H4;/q;;;;+2/p-2. The summed E-state index contributed by atoms with van der Waals surface area (Å²) in [6, 6.07) is 17.5. The van der Waals surface area contributed by atoms with Crippen LogP contribution < -0.4 is 24.8 Å². The Labute approximate surface area is 134 Å². The molecular weight excluding hydrogens is 346 g/mol. The molecule has 1 aliphatic carbocycles. The first-order valence-corrected chi connectivity index (χ1v) is 6.19. The van der Waals surface area contributed by atoms with Crippen LogP contribution in [0.4, 0.5) is 0 Å². The Morgan fingerprint density at radius 2 is 1.06 bits per heavy atom. The molecule has 2 aromatic rings. The monoisotopic (exact) mass is 357 g/mol. The fraction of sp³-hybridized carbons (Fsp3) is 0.0769. The van der Waals surface area contributed by atoms with Crippen LogP contribution in [-0.2, 0) is 24.7 Å². The Hall–Kier alpha value is 0.120. The van der Waals surface area contributed by atoms with Gasteiger partial charge in [-0.1, -0.05) is 0 Å². The van der Waals surface area contributed by atoms with Crippen molar-refractivity contribution in [3.63, 3.8) is 0 Å². The Kier molecular flexibility index (Phi) is 6.94. The molecule has 1 aliphatic rings. The van der Waals surface area contributed by atoms with E-state index in [-0.39, 0.29) is 35.8 Å². The van der Waals surface area contributed by atoms with Gasteiger partial charge < -0.3 is 24.8 Å². The maximum atomic E-state index is 2.26. The van der Waals surface area contributed by atoms with Gasteiger partial charge in [-0.2, -0.15) is 0 Å². The molecule has 87 valence electrons. The van der Waals surface area contributed by atoms with Crippen molar-refractivity contribution < 1.29 is 49.5 Å². The van der Waals surface area contributed by atoms with Gasteiger partial charge in [0.05, 0.1) is 0 Å². The van der Waals surface area contributed by atoms with Crippen LogP contribution in [0.1, 0.15) is 14.8 Å². The normalized spacial score (nSPS) is 11.4. The van der Waals surface area contributed by atoms with Gasteiger partial charge in [-0.15, -0.1) is 0 Å².